The van der Waals surface area contributed by atoms with Gasteiger partial charge in [-0.1, -0.05) is 13.0 Å². The summed E-state index contributed by atoms with van der Waals surface area (Å²) in [5.74, 6) is -0.579. The van der Waals surface area contributed by atoms with Crippen LogP contribution in [-0.4, -0.2) is 65.9 Å². The average molecular weight is 540 g/mol. The average Bonchev–Trinajstić information content (AvgIpc) is 3.54. The molecule has 0 bridgehead atoms. The maximum Gasteiger partial charge on any atom is 0.414 e. The summed E-state index contributed by atoms with van der Waals surface area (Å²) in [5.41, 5.74) is 1.04. The van der Waals surface area contributed by atoms with Crippen molar-refractivity contribution in [1.82, 2.24) is 15.2 Å². The third-order valence-electron chi connectivity index (χ3n) is 5.98. The molecule has 208 valence electrons. The van der Waals surface area contributed by atoms with Crippen LogP contribution in [0.15, 0.2) is 42.7 Å². The van der Waals surface area contributed by atoms with Crippen molar-refractivity contribution in [3.63, 3.8) is 0 Å². The van der Waals surface area contributed by atoms with Crippen molar-refractivity contribution < 1.29 is 28.2 Å². The van der Waals surface area contributed by atoms with Crippen molar-refractivity contribution in [1.29, 1.82) is 5.26 Å². The molecule has 0 saturated carbocycles. The second kappa shape index (κ2) is 13.0. The van der Waals surface area contributed by atoms with Gasteiger partial charge in [0.1, 0.15) is 17.5 Å². The number of ether oxygens (including phenoxy) is 2. The van der Waals surface area contributed by atoms with Crippen LogP contribution in [0.5, 0.6) is 0 Å². The van der Waals surface area contributed by atoms with Crippen LogP contribution in [0.1, 0.15) is 40.5 Å². The Balaban J connectivity index is 0.000000255. The summed E-state index contributed by atoms with van der Waals surface area (Å²) >= 11 is 0. The van der Waals surface area contributed by atoms with Crippen molar-refractivity contribution in [2.24, 2.45) is 5.92 Å². The van der Waals surface area contributed by atoms with Crippen molar-refractivity contribution in [3.05, 3.63) is 48.5 Å². The standard InChI is InChI=1S/C18H18FN3O3.C10H16N2O2/c1-2-17(23)21-10-14-11-22(18(24)25-14)13-5-6-15(16(19)8-13)12-4-3-7-20-9-12;1-10(2,3)14-9(13)12-5-4-8(6-11)7-12/h3-9,14H,2,10-11H2,1H3,(H,21,23);8H,4-5,7H2,1-3H3. The molecule has 2 aliphatic heterocycles. The second-order valence-corrected chi connectivity index (χ2v) is 10.2. The number of nitriles is 1. The first-order valence-electron chi connectivity index (χ1n) is 12.8. The zero-order valence-corrected chi connectivity index (χ0v) is 22.6. The Bertz CT molecular complexity index is 1210. The molecule has 2 unspecified atom stereocenters. The lowest BCUT2D eigenvalue weighted by atomic mass is 10.1. The van der Waals surface area contributed by atoms with Crippen LogP contribution in [0.4, 0.5) is 19.7 Å². The minimum Gasteiger partial charge on any atom is -0.444 e. The summed E-state index contributed by atoms with van der Waals surface area (Å²) in [7, 11) is 0. The van der Waals surface area contributed by atoms with E-state index in [0.29, 0.717) is 36.3 Å². The van der Waals surface area contributed by atoms with Crippen LogP contribution in [0, 0.1) is 23.1 Å². The zero-order valence-electron chi connectivity index (χ0n) is 22.6. The number of hydrogen-bond donors (Lipinski definition) is 1. The molecule has 2 aliphatic rings. The lowest BCUT2D eigenvalue weighted by Crippen LogP contribution is -2.35. The van der Waals surface area contributed by atoms with Gasteiger partial charge in [0.05, 0.1) is 30.8 Å². The Labute approximate surface area is 227 Å². The molecule has 11 heteroatoms. The van der Waals surface area contributed by atoms with Gasteiger partial charge < -0.3 is 19.7 Å². The molecule has 1 N–H and O–H groups in total. The fourth-order valence-electron chi connectivity index (χ4n) is 3.98. The van der Waals surface area contributed by atoms with Gasteiger partial charge in [-0.15, -0.1) is 0 Å². The smallest absolute Gasteiger partial charge is 0.414 e. The molecule has 3 heterocycles. The number of anilines is 1. The minimum absolute atomic E-state index is 0.0254. The molecule has 2 atom stereocenters. The van der Waals surface area contributed by atoms with E-state index in [1.807, 2.05) is 20.8 Å². The van der Waals surface area contributed by atoms with E-state index in [2.05, 4.69) is 16.4 Å². The van der Waals surface area contributed by atoms with Gasteiger partial charge in [-0.05, 0) is 51.5 Å². The SMILES string of the molecule is CC(C)(C)OC(=O)N1CCC(C#N)C1.CCC(=O)NCC1CN(c2ccc(-c3cccnc3)c(F)c2)C(=O)O1. The first kappa shape index (κ1) is 29.4. The highest BCUT2D eigenvalue weighted by Gasteiger charge is 2.33. The first-order chi connectivity index (χ1) is 18.5. The van der Waals surface area contributed by atoms with Gasteiger partial charge in [0.2, 0.25) is 5.91 Å². The van der Waals surface area contributed by atoms with E-state index in [1.165, 1.54) is 11.0 Å². The summed E-state index contributed by atoms with van der Waals surface area (Å²) in [6.45, 7) is 8.89. The van der Waals surface area contributed by atoms with Crippen LogP contribution < -0.4 is 10.2 Å². The van der Waals surface area contributed by atoms with Gasteiger partial charge in [0.25, 0.3) is 0 Å². The van der Waals surface area contributed by atoms with E-state index < -0.39 is 23.6 Å². The molecule has 0 spiro atoms. The Morgan fingerprint density at radius 2 is 2.05 bits per heavy atom. The van der Waals surface area contributed by atoms with Crippen molar-refractivity contribution >= 4 is 23.8 Å². The molecule has 1 aromatic carbocycles. The molecule has 1 aromatic heterocycles. The molecule has 2 aromatic rings. The summed E-state index contributed by atoms with van der Waals surface area (Å²) in [6, 6.07) is 10.2. The molecule has 4 rings (SSSR count). The number of likely N-dealkylation sites (tertiary alicyclic amines) is 1. The van der Waals surface area contributed by atoms with Crippen molar-refractivity contribution in [3.8, 4) is 17.2 Å². The maximum atomic E-state index is 14.4. The number of carbonyl (C=O) groups excluding carboxylic acids is 3. The number of halogens is 1. The molecule has 2 fully saturated rings. The van der Waals surface area contributed by atoms with Crippen LogP contribution in [0.25, 0.3) is 11.1 Å². The van der Waals surface area contributed by atoms with E-state index in [9.17, 15) is 18.8 Å². The molecule has 0 aliphatic carbocycles. The summed E-state index contributed by atoms with van der Waals surface area (Å²) in [5, 5.41) is 11.4. The zero-order chi connectivity index (χ0) is 28.6. The molecular weight excluding hydrogens is 505 g/mol. The molecule has 2 saturated heterocycles. The topological polar surface area (TPSA) is 125 Å². The van der Waals surface area contributed by atoms with Crippen LogP contribution in [-0.2, 0) is 14.3 Å². The number of nitrogens with zero attached hydrogens (tertiary/aromatic N) is 4. The Kier molecular flexibility index (Phi) is 9.82. The van der Waals surface area contributed by atoms with E-state index in [4.69, 9.17) is 14.7 Å². The number of carbonyl (C=O) groups is 3. The molecule has 39 heavy (non-hydrogen) atoms. The fourth-order valence-corrected chi connectivity index (χ4v) is 3.98. The number of benzene rings is 1. The number of aromatic nitrogens is 1. The van der Waals surface area contributed by atoms with Crippen molar-refractivity contribution in [2.45, 2.75) is 52.2 Å². The van der Waals surface area contributed by atoms with Crippen LogP contribution in [0.2, 0.25) is 0 Å². The fraction of sp³-hybridized carbons (Fsp3) is 0.464. The largest absolute Gasteiger partial charge is 0.444 e. The van der Waals surface area contributed by atoms with E-state index in [1.54, 1.807) is 48.5 Å². The highest BCUT2D eigenvalue weighted by molar-refractivity contribution is 5.90. The first-order valence-corrected chi connectivity index (χ1v) is 12.8. The molecular formula is C28H34FN5O5. The van der Waals surface area contributed by atoms with Gasteiger partial charge >= 0.3 is 12.2 Å². The lowest BCUT2D eigenvalue weighted by molar-refractivity contribution is -0.121. The van der Waals surface area contributed by atoms with Crippen molar-refractivity contribution in [2.75, 3.05) is 31.1 Å². The Hall–Kier alpha value is -4.20. The number of amides is 3. The summed E-state index contributed by atoms with van der Waals surface area (Å²) < 4.78 is 24.9. The third kappa shape index (κ3) is 8.40. The predicted molar refractivity (Wildman–Crippen MR) is 142 cm³/mol. The lowest BCUT2D eigenvalue weighted by Gasteiger charge is -2.24. The number of nitrogens with one attached hydrogen (secondary N) is 1. The number of cyclic esters (lactones) is 1. The maximum absolute atomic E-state index is 14.4. The van der Waals surface area contributed by atoms with Crippen LogP contribution in [0.3, 0.4) is 0 Å². The van der Waals surface area contributed by atoms with Gasteiger partial charge in [-0.25, -0.2) is 14.0 Å². The summed E-state index contributed by atoms with van der Waals surface area (Å²) in [4.78, 5) is 41.8. The Morgan fingerprint density at radius 3 is 2.64 bits per heavy atom. The predicted octanol–water partition coefficient (Wildman–Crippen LogP) is 4.51. The van der Waals surface area contributed by atoms with E-state index in [0.717, 1.165) is 6.42 Å². The highest BCUT2D eigenvalue weighted by atomic mass is 19.1. The summed E-state index contributed by atoms with van der Waals surface area (Å²) in [6.07, 6.45) is 3.01. The number of pyridine rings is 1. The van der Waals surface area contributed by atoms with E-state index >= 15 is 0 Å². The second-order valence-electron chi connectivity index (χ2n) is 10.2. The van der Waals surface area contributed by atoms with Gasteiger partial charge in [-0.3, -0.25) is 14.7 Å². The van der Waals surface area contributed by atoms with Crippen LogP contribution >= 0.6 is 0 Å². The van der Waals surface area contributed by atoms with Gasteiger partial charge in [0, 0.05) is 43.0 Å². The monoisotopic (exact) mass is 539 g/mol. The number of hydrogen-bond acceptors (Lipinski definition) is 7. The van der Waals surface area contributed by atoms with Gasteiger partial charge in [-0.2, -0.15) is 5.26 Å². The Morgan fingerprint density at radius 1 is 1.28 bits per heavy atom. The van der Waals surface area contributed by atoms with Gasteiger partial charge in [0.15, 0.2) is 0 Å². The molecule has 10 nitrogen and oxygen atoms in total. The van der Waals surface area contributed by atoms with E-state index in [-0.39, 0.29) is 31.0 Å². The normalized spacial score (nSPS) is 18.5. The molecule has 0 radical (unpaired) electrons. The third-order valence-corrected chi connectivity index (χ3v) is 5.98. The number of rotatable bonds is 5. The quantitative estimate of drug-likeness (QED) is 0.593. The molecule has 3 amide bonds. The minimum atomic E-state index is -0.552. The highest BCUT2D eigenvalue weighted by Crippen LogP contribution is 2.28.